The highest BCUT2D eigenvalue weighted by atomic mass is 16.5. The molecule has 0 radical (unpaired) electrons. The first-order chi connectivity index (χ1) is 11.5. The van der Waals surface area contributed by atoms with Gasteiger partial charge in [-0.1, -0.05) is 0 Å². The molecule has 7 nitrogen and oxygen atoms in total. The summed E-state index contributed by atoms with van der Waals surface area (Å²) in [5.74, 6) is 0.435. The van der Waals surface area contributed by atoms with Crippen LogP contribution in [0.5, 0.6) is 17.2 Å². The first-order valence-corrected chi connectivity index (χ1v) is 7.80. The molecule has 0 bridgehead atoms. The minimum absolute atomic E-state index is 0.0774. The summed E-state index contributed by atoms with van der Waals surface area (Å²) in [6, 6.07) is 3.68. The summed E-state index contributed by atoms with van der Waals surface area (Å²) in [6.07, 6.45) is 2.47. The van der Waals surface area contributed by atoms with Crippen molar-refractivity contribution < 1.29 is 28.9 Å². The third-order valence-electron chi connectivity index (χ3n) is 3.97. The number of carboxylic acid groups (broad SMARTS) is 1. The first kappa shape index (κ1) is 17.9. The van der Waals surface area contributed by atoms with Gasteiger partial charge in [-0.2, -0.15) is 0 Å². The zero-order valence-electron chi connectivity index (χ0n) is 14.2. The highest BCUT2D eigenvalue weighted by Gasteiger charge is 2.33. The molecule has 7 heteroatoms. The number of carboxylic acids is 1. The molecule has 1 saturated carbocycles. The van der Waals surface area contributed by atoms with Crippen molar-refractivity contribution in [2.45, 2.75) is 31.7 Å². The highest BCUT2D eigenvalue weighted by Crippen LogP contribution is 2.38. The number of rotatable bonds is 9. The second kappa shape index (κ2) is 7.90. The maximum atomic E-state index is 12.3. The van der Waals surface area contributed by atoms with Gasteiger partial charge < -0.3 is 24.2 Å². The number of hydrogen-bond acceptors (Lipinski definition) is 5. The van der Waals surface area contributed by atoms with Crippen LogP contribution in [0, 0.1) is 0 Å². The maximum Gasteiger partial charge on any atom is 0.323 e. The van der Waals surface area contributed by atoms with Gasteiger partial charge in [0, 0.05) is 12.5 Å². The number of aryl methyl sites for hydroxylation is 1. The van der Waals surface area contributed by atoms with Crippen LogP contribution in [0.25, 0.3) is 0 Å². The quantitative estimate of drug-likeness (QED) is 0.738. The number of methoxy groups -OCH3 is 3. The largest absolute Gasteiger partial charge is 0.493 e. The van der Waals surface area contributed by atoms with E-state index >= 15 is 0 Å². The molecule has 0 unspecified atom stereocenters. The Labute approximate surface area is 141 Å². The molecule has 0 aromatic heterocycles. The fourth-order valence-electron chi connectivity index (χ4n) is 2.63. The second-order valence-corrected chi connectivity index (χ2v) is 5.68. The minimum atomic E-state index is -0.983. The van der Waals surface area contributed by atoms with Gasteiger partial charge in [0.05, 0.1) is 21.3 Å². The highest BCUT2D eigenvalue weighted by molar-refractivity contribution is 5.82. The number of aliphatic carboxylic acids is 1. The van der Waals surface area contributed by atoms with Crippen molar-refractivity contribution >= 4 is 11.9 Å². The van der Waals surface area contributed by atoms with E-state index in [0.717, 1.165) is 18.4 Å². The zero-order valence-corrected chi connectivity index (χ0v) is 14.2. The van der Waals surface area contributed by atoms with Gasteiger partial charge in [-0.15, -0.1) is 0 Å². The molecule has 0 saturated heterocycles. The van der Waals surface area contributed by atoms with E-state index in [4.69, 9.17) is 19.3 Å². The fourth-order valence-corrected chi connectivity index (χ4v) is 2.63. The number of hydrogen-bond donors (Lipinski definition) is 1. The molecule has 1 amide bonds. The van der Waals surface area contributed by atoms with Gasteiger partial charge in [-0.3, -0.25) is 9.59 Å². The van der Waals surface area contributed by atoms with Crippen LogP contribution < -0.4 is 14.2 Å². The molecule has 1 aromatic rings. The third kappa shape index (κ3) is 4.31. The second-order valence-electron chi connectivity index (χ2n) is 5.68. The van der Waals surface area contributed by atoms with Crippen LogP contribution in [0.4, 0.5) is 0 Å². The van der Waals surface area contributed by atoms with E-state index in [1.807, 2.05) is 0 Å². The standard InChI is InChI=1S/C17H23NO6/c1-22-13-8-11(9-14(23-2)17(13)24-3)4-7-15(19)18(10-16(20)21)12-5-6-12/h8-9,12H,4-7,10H2,1-3H3,(H,20,21). The van der Waals surface area contributed by atoms with Crippen molar-refractivity contribution in [1.29, 1.82) is 0 Å². The van der Waals surface area contributed by atoms with E-state index in [2.05, 4.69) is 0 Å². The predicted octanol–water partition coefficient (Wildman–Crippen LogP) is 1.72. The molecule has 1 aliphatic carbocycles. The van der Waals surface area contributed by atoms with Crippen molar-refractivity contribution in [1.82, 2.24) is 4.90 Å². The van der Waals surface area contributed by atoms with Gasteiger partial charge >= 0.3 is 5.97 Å². The lowest BCUT2D eigenvalue weighted by Gasteiger charge is -2.20. The number of nitrogens with zero attached hydrogens (tertiary/aromatic N) is 1. The molecule has 132 valence electrons. The van der Waals surface area contributed by atoms with E-state index in [-0.39, 0.29) is 24.9 Å². The number of carbonyl (C=O) groups excluding carboxylic acids is 1. The number of amides is 1. The average molecular weight is 337 g/mol. The molecular weight excluding hydrogens is 314 g/mol. The zero-order chi connectivity index (χ0) is 17.7. The van der Waals surface area contributed by atoms with Crippen LogP contribution in [0.15, 0.2) is 12.1 Å². The Morgan fingerprint density at radius 2 is 1.71 bits per heavy atom. The molecule has 0 atom stereocenters. The number of benzene rings is 1. The van der Waals surface area contributed by atoms with Crippen molar-refractivity contribution in [3.05, 3.63) is 17.7 Å². The molecule has 0 aliphatic heterocycles. The lowest BCUT2D eigenvalue weighted by atomic mass is 10.1. The van der Waals surface area contributed by atoms with E-state index in [1.54, 1.807) is 12.1 Å². The summed E-state index contributed by atoms with van der Waals surface area (Å²) in [5.41, 5.74) is 0.865. The monoisotopic (exact) mass is 337 g/mol. The summed E-state index contributed by atoms with van der Waals surface area (Å²) >= 11 is 0. The average Bonchev–Trinajstić information content (AvgIpc) is 3.41. The van der Waals surface area contributed by atoms with Crippen LogP contribution in [-0.2, 0) is 16.0 Å². The molecule has 0 spiro atoms. The smallest absolute Gasteiger partial charge is 0.323 e. The summed E-state index contributed by atoms with van der Waals surface area (Å²) in [4.78, 5) is 24.7. The van der Waals surface area contributed by atoms with Gasteiger partial charge in [0.1, 0.15) is 6.54 Å². The first-order valence-electron chi connectivity index (χ1n) is 7.80. The van der Waals surface area contributed by atoms with Gasteiger partial charge in [0.25, 0.3) is 0 Å². The number of carbonyl (C=O) groups is 2. The van der Waals surface area contributed by atoms with Crippen molar-refractivity contribution in [3.8, 4) is 17.2 Å². The molecule has 24 heavy (non-hydrogen) atoms. The van der Waals surface area contributed by atoms with Gasteiger partial charge in [0.2, 0.25) is 11.7 Å². The fraction of sp³-hybridized carbons (Fsp3) is 0.529. The van der Waals surface area contributed by atoms with Crippen LogP contribution in [0.3, 0.4) is 0 Å². The molecule has 1 aromatic carbocycles. The third-order valence-corrected chi connectivity index (χ3v) is 3.97. The summed E-state index contributed by atoms with van der Waals surface area (Å²) in [5, 5.41) is 8.95. The molecule has 1 aliphatic rings. The van der Waals surface area contributed by atoms with Crippen molar-refractivity contribution in [3.63, 3.8) is 0 Å². The molecule has 1 fully saturated rings. The van der Waals surface area contributed by atoms with Crippen LogP contribution in [0.2, 0.25) is 0 Å². The van der Waals surface area contributed by atoms with Crippen molar-refractivity contribution in [2.24, 2.45) is 0 Å². The van der Waals surface area contributed by atoms with Gasteiger partial charge in [-0.25, -0.2) is 0 Å². The van der Waals surface area contributed by atoms with Gasteiger partial charge in [-0.05, 0) is 37.0 Å². The van der Waals surface area contributed by atoms with E-state index in [0.29, 0.717) is 23.7 Å². The predicted molar refractivity (Wildman–Crippen MR) is 86.8 cm³/mol. The summed E-state index contributed by atoms with van der Waals surface area (Å²) in [6.45, 7) is -0.237. The number of ether oxygens (including phenoxy) is 3. The van der Waals surface area contributed by atoms with Gasteiger partial charge in [0.15, 0.2) is 11.5 Å². The normalized spacial score (nSPS) is 13.3. The Morgan fingerprint density at radius 3 is 2.12 bits per heavy atom. The Bertz CT molecular complexity index is 586. The maximum absolute atomic E-state index is 12.3. The Balaban J connectivity index is 2.07. The lowest BCUT2D eigenvalue weighted by Crippen LogP contribution is -2.37. The Kier molecular flexibility index (Phi) is 5.89. The van der Waals surface area contributed by atoms with E-state index in [1.165, 1.54) is 26.2 Å². The minimum Gasteiger partial charge on any atom is -0.493 e. The van der Waals surface area contributed by atoms with Crippen LogP contribution >= 0.6 is 0 Å². The summed E-state index contributed by atoms with van der Waals surface area (Å²) in [7, 11) is 4.60. The molecule has 1 N–H and O–H groups in total. The Hall–Kier alpha value is -2.44. The lowest BCUT2D eigenvalue weighted by molar-refractivity contribution is -0.144. The SMILES string of the molecule is COc1cc(CCC(=O)N(CC(=O)O)C2CC2)cc(OC)c1OC. The van der Waals surface area contributed by atoms with E-state index in [9.17, 15) is 9.59 Å². The topological polar surface area (TPSA) is 85.3 Å². The van der Waals surface area contributed by atoms with Crippen LogP contribution in [0.1, 0.15) is 24.8 Å². The van der Waals surface area contributed by atoms with Crippen LogP contribution in [-0.4, -0.2) is 55.8 Å². The molecule has 0 heterocycles. The Morgan fingerprint density at radius 1 is 1.12 bits per heavy atom. The van der Waals surface area contributed by atoms with E-state index < -0.39 is 5.97 Å². The molecule has 2 rings (SSSR count). The van der Waals surface area contributed by atoms with Crippen molar-refractivity contribution in [2.75, 3.05) is 27.9 Å². The summed E-state index contributed by atoms with van der Waals surface area (Å²) < 4.78 is 15.9. The molecular formula is C17H23NO6.